The minimum Gasteiger partial charge on any atom is -0.336 e. The van der Waals surface area contributed by atoms with Gasteiger partial charge in [0.15, 0.2) is 11.5 Å². The first-order valence-electron chi connectivity index (χ1n) is 13.0. The molecular formula is C31H28FN7O. The Kier molecular flexibility index (Phi) is 6.14. The van der Waals surface area contributed by atoms with Crippen molar-refractivity contribution < 1.29 is 9.18 Å². The predicted molar refractivity (Wildman–Crippen MR) is 155 cm³/mol. The minimum atomic E-state index is -0.287. The molecule has 0 radical (unpaired) electrons. The summed E-state index contributed by atoms with van der Waals surface area (Å²) in [5.74, 6) is 0.197. The van der Waals surface area contributed by atoms with Crippen LogP contribution in [0.5, 0.6) is 0 Å². The van der Waals surface area contributed by atoms with Gasteiger partial charge < -0.3 is 10.3 Å². The number of pyridine rings is 2. The lowest BCUT2D eigenvalue weighted by Gasteiger charge is -2.17. The summed E-state index contributed by atoms with van der Waals surface area (Å²) in [6.07, 6.45) is 3.73. The van der Waals surface area contributed by atoms with Crippen LogP contribution in [0.1, 0.15) is 32.8 Å². The van der Waals surface area contributed by atoms with Gasteiger partial charge in [-0.25, -0.2) is 14.4 Å². The number of para-hydroxylation sites is 1. The molecule has 0 aliphatic carbocycles. The molecule has 0 aliphatic rings. The number of benzene rings is 2. The molecule has 0 spiro atoms. The highest BCUT2D eigenvalue weighted by atomic mass is 19.1. The molecule has 2 aromatic carbocycles. The van der Waals surface area contributed by atoms with E-state index in [1.807, 2.05) is 70.2 Å². The molecule has 0 saturated carbocycles. The monoisotopic (exact) mass is 533 g/mol. The second kappa shape index (κ2) is 9.68. The van der Waals surface area contributed by atoms with Crippen molar-refractivity contribution >= 4 is 33.7 Å². The molecule has 9 heteroatoms. The van der Waals surface area contributed by atoms with Crippen molar-refractivity contribution in [1.29, 1.82) is 0 Å². The van der Waals surface area contributed by atoms with Crippen molar-refractivity contribution in [3.63, 3.8) is 0 Å². The topological polar surface area (TPSA) is 112 Å². The smallest absolute Gasteiger partial charge is 0.224 e. The van der Waals surface area contributed by atoms with E-state index in [4.69, 9.17) is 9.97 Å². The van der Waals surface area contributed by atoms with Crippen molar-refractivity contribution in [1.82, 2.24) is 30.1 Å². The second-order valence-electron chi connectivity index (χ2n) is 11.2. The Balaban J connectivity index is 1.37. The Bertz CT molecular complexity index is 1880. The van der Waals surface area contributed by atoms with Gasteiger partial charge in [-0.1, -0.05) is 39.0 Å². The number of hydrogen-bond donors (Lipinski definition) is 3. The number of carbonyl (C=O) groups excluding carboxylic acids is 1. The van der Waals surface area contributed by atoms with Crippen molar-refractivity contribution in [2.75, 3.05) is 5.32 Å². The number of aromatic nitrogens is 6. The standard InChI is InChI=1S/C31H28FN7O/c1-17-10-18(12-20(32)11-17)22-6-5-7-24-27(22)37-30(36-24)29-28-25(38-39-29)9-8-23(35-28)19-13-21(16-33-15-19)34-26(40)14-31(2,3)4/h5-13,15-16H,14H2,1-4H3,(H,34,40)(H,36,37)(H,38,39). The summed E-state index contributed by atoms with van der Waals surface area (Å²) in [5, 5.41) is 10.5. The van der Waals surface area contributed by atoms with Crippen LogP contribution in [0.2, 0.25) is 0 Å². The summed E-state index contributed by atoms with van der Waals surface area (Å²) >= 11 is 0. The normalized spacial score (nSPS) is 11.8. The minimum absolute atomic E-state index is 0.0651. The van der Waals surface area contributed by atoms with Crippen LogP contribution in [0.4, 0.5) is 10.1 Å². The zero-order valence-electron chi connectivity index (χ0n) is 22.6. The maximum absolute atomic E-state index is 14.2. The first-order valence-corrected chi connectivity index (χ1v) is 13.0. The quantitative estimate of drug-likeness (QED) is 0.220. The number of aromatic amines is 2. The van der Waals surface area contributed by atoms with Crippen LogP contribution in [0, 0.1) is 18.2 Å². The number of amides is 1. The molecule has 0 aliphatic heterocycles. The summed E-state index contributed by atoms with van der Waals surface area (Å²) < 4.78 is 14.2. The lowest BCUT2D eigenvalue weighted by atomic mass is 9.92. The van der Waals surface area contributed by atoms with E-state index >= 15 is 0 Å². The average molecular weight is 534 g/mol. The molecule has 0 bridgehead atoms. The molecule has 6 rings (SSSR count). The zero-order chi connectivity index (χ0) is 28.0. The highest BCUT2D eigenvalue weighted by Crippen LogP contribution is 2.33. The fraction of sp³-hybridized carbons (Fsp3) is 0.194. The Morgan fingerprint density at radius 1 is 0.950 bits per heavy atom. The molecule has 0 saturated heterocycles. The molecule has 4 heterocycles. The Morgan fingerprint density at radius 2 is 1.80 bits per heavy atom. The van der Waals surface area contributed by atoms with E-state index in [2.05, 4.69) is 25.5 Å². The van der Waals surface area contributed by atoms with E-state index in [-0.39, 0.29) is 17.1 Å². The van der Waals surface area contributed by atoms with E-state index < -0.39 is 0 Å². The average Bonchev–Trinajstić information content (AvgIpc) is 3.50. The van der Waals surface area contributed by atoms with Crippen LogP contribution < -0.4 is 5.32 Å². The highest BCUT2D eigenvalue weighted by Gasteiger charge is 2.18. The number of nitrogens with one attached hydrogen (secondary N) is 3. The lowest BCUT2D eigenvalue weighted by Crippen LogP contribution is -2.19. The van der Waals surface area contributed by atoms with E-state index in [9.17, 15) is 9.18 Å². The third kappa shape index (κ3) is 5.05. The lowest BCUT2D eigenvalue weighted by molar-refractivity contribution is -0.117. The molecule has 40 heavy (non-hydrogen) atoms. The van der Waals surface area contributed by atoms with Gasteiger partial charge in [0.2, 0.25) is 5.91 Å². The van der Waals surface area contributed by atoms with E-state index in [0.717, 1.165) is 38.8 Å². The zero-order valence-corrected chi connectivity index (χ0v) is 22.6. The van der Waals surface area contributed by atoms with Gasteiger partial charge in [0, 0.05) is 23.7 Å². The molecule has 8 nitrogen and oxygen atoms in total. The molecule has 4 aromatic heterocycles. The van der Waals surface area contributed by atoms with Gasteiger partial charge in [0.25, 0.3) is 0 Å². The fourth-order valence-electron chi connectivity index (χ4n) is 4.83. The van der Waals surface area contributed by atoms with Crippen LogP contribution in [-0.4, -0.2) is 36.0 Å². The number of carbonyl (C=O) groups is 1. The molecule has 0 fully saturated rings. The molecule has 3 N–H and O–H groups in total. The van der Waals surface area contributed by atoms with Gasteiger partial charge in [-0.3, -0.25) is 14.9 Å². The van der Waals surface area contributed by atoms with Gasteiger partial charge in [-0.2, -0.15) is 5.10 Å². The Hall–Kier alpha value is -4.92. The Morgan fingerprint density at radius 3 is 2.60 bits per heavy atom. The van der Waals surface area contributed by atoms with Crippen LogP contribution >= 0.6 is 0 Å². The molecule has 1 amide bonds. The van der Waals surface area contributed by atoms with Crippen LogP contribution in [-0.2, 0) is 4.79 Å². The number of imidazole rings is 1. The first kappa shape index (κ1) is 25.4. The molecule has 0 unspecified atom stereocenters. The number of hydrogen-bond acceptors (Lipinski definition) is 5. The molecule has 0 atom stereocenters. The van der Waals surface area contributed by atoms with Crippen molar-refractivity contribution in [2.45, 2.75) is 34.1 Å². The maximum atomic E-state index is 14.2. The highest BCUT2D eigenvalue weighted by molar-refractivity contribution is 5.96. The molecule has 6 aromatic rings. The van der Waals surface area contributed by atoms with Gasteiger partial charge in [0.1, 0.15) is 11.3 Å². The van der Waals surface area contributed by atoms with Gasteiger partial charge in [-0.15, -0.1) is 0 Å². The third-order valence-electron chi connectivity index (χ3n) is 6.51. The van der Waals surface area contributed by atoms with Crippen molar-refractivity contribution in [2.24, 2.45) is 5.41 Å². The summed E-state index contributed by atoms with van der Waals surface area (Å²) in [6, 6.07) is 16.4. The first-order chi connectivity index (χ1) is 19.1. The van der Waals surface area contributed by atoms with E-state index in [0.29, 0.717) is 34.8 Å². The Labute approximate surface area is 230 Å². The van der Waals surface area contributed by atoms with Crippen molar-refractivity contribution in [3.8, 4) is 33.9 Å². The summed E-state index contributed by atoms with van der Waals surface area (Å²) in [4.78, 5) is 29.8. The number of anilines is 1. The summed E-state index contributed by atoms with van der Waals surface area (Å²) in [5.41, 5.74) is 7.85. The largest absolute Gasteiger partial charge is 0.336 e. The summed E-state index contributed by atoms with van der Waals surface area (Å²) in [7, 11) is 0. The van der Waals surface area contributed by atoms with E-state index in [1.54, 1.807) is 12.4 Å². The van der Waals surface area contributed by atoms with Gasteiger partial charge >= 0.3 is 0 Å². The van der Waals surface area contributed by atoms with E-state index in [1.165, 1.54) is 12.1 Å². The molecular weight excluding hydrogens is 505 g/mol. The van der Waals surface area contributed by atoms with Crippen LogP contribution in [0.3, 0.4) is 0 Å². The maximum Gasteiger partial charge on any atom is 0.224 e. The number of aryl methyl sites for hydroxylation is 1. The van der Waals surface area contributed by atoms with Crippen LogP contribution in [0.25, 0.3) is 56.0 Å². The number of fused-ring (bicyclic) bond motifs is 2. The number of halogens is 1. The molecule has 200 valence electrons. The SMILES string of the molecule is Cc1cc(F)cc(-c2cccc3[nH]c(-c4n[nH]c5ccc(-c6cncc(NC(=O)CC(C)(C)C)c6)nc45)nc23)c1. The van der Waals surface area contributed by atoms with Crippen molar-refractivity contribution in [3.05, 3.63) is 78.4 Å². The predicted octanol–water partition coefficient (Wildman–Crippen LogP) is 7.05. The second-order valence-corrected chi connectivity index (χ2v) is 11.2. The van der Waals surface area contributed by atoms with Gasteiger partial charge in [-0.05, 0) is 59.9 Å². The van der Waals surface area contributed by atoms with Gasteiger partial charge in [0.05, 0.1) is 34.1 Å². The number of H-pyrrole nitrogens is 2. The number of rotatable bonds is 5. The summed E-state index contributed by atoms with van der Waals surface area (Å²) in [6.45, 7) is 7.93. The third-order valence-corrected chi connectivity index (χ3v) is 6.51. The fourth-order valence-corrected chi connectivity index (χ4v) is 4.83. The number of nitrogens with zero attached hydrogens (tertiary/aromatic N) is 4. The van der Waals surface area contributed by atoms with Crippen LogP contribution in [0.15, 0.2) is 67.0 Å².